The van der Waals surface area contributed by atoms with Crippen molar-refractivity contribution in [3.63, 3.8) is 0 Å². The molecule has 0 amide bonds. The molecule has 0 fully saturated rings. The van der Waals surface area contributed by atoms with Crippen LogP contribution in [0.25, 0.3) is 6.08 Å². The zero-order valence-corrected chi connectivity index (χ0v) is 10.1. The van der Waals surface area contributed by atoms with Crippen molar-refractivity contribution in [2.75, 3.05) is 27.7 Å². The lowest BCUT2D eigenvalue weighted by Crippen LogP contribution is -2.35. The van der Waals surface area contributed by atoms with Crippen LogP contribution < -0.4 is 0 Å². The molecular weight excluding hydrogens is 182 g/mol. The smallest absolute Gasteiger partial charge is 0.0783 e. The van der Waals surface area contributed by atoms with E-state index in [4.69, 9.17) is 0 Å². The second-order valence-electron chi connectivity index (χ2n) is 4.97. The van der Waals surface area contributed by atoms with E-state index in [0.717, 1.165) is 4.48 Å². The highest BCUT2D eigenvalue weighted by Gasteiger charge is 2.03. The van der Waals surface area contributed by atoms with Gasteiger partial charge < -0.3 is 4.48 Å². The SMILES string of the molecule is C[N+](C)(C)CCC/C=C/c1ccccc1. The van der Waals surface area contributed by atoms with Crippen molar-refractivity contribution in [1.29, 1.82) is 0 Å². The molecule has 0 bridgehead atoms. The van der Waals surface area contributed by atoms with Gasteiger partial charge in [0.2, 0.25) is 0 Å². The average Bonchev–Trinajstić information content (AvgIpc) is 2.17. The Balaban J connectivity index is 2.24. The van der Waals surface area contributed by atoms with Gasteiger partial charge in [-0.05, 0) is 18.4 Å². The second kappa shape index (κ2) is 5.72. The van der Waals surface area contributed by atoms with Crippen molar-refractivity contribution in [3.05, 3.63) is 42.0 Å². The van der Waals surface area contributed by atoms with Gasteiger partial charge in [0.05, 0.1) is 27.7 Å². The fourth-order valence-corrected chi connectivity index (χ4v) is 1.47. The molecule has 0 aromatic heterocycles. The van der Waals surface area contributed by atoms with E-state index in [9.17, 15) is 0 Å². The van der Waals surface area contributed by atoms with Gasteiger partial charge in [-0.15, -0.1) is 0 Å². The van der Waals surface area contributed by atoms with Crippen LogP contribution in [0.2, 0.25) is 0 Å². The minimum absolute atomic E-state index is 1.05. The molecule has 0 N–H and O–H groups in total. The highest BCUT2D eigenvalue weighted by Crippen LogP contribution is 2.04. The molecule has 1 nitrogen and oxygen atoms in total. The third kappa shape index (κ3) is 6.08. The van der Waals surface area contributed by atoms with Crippen molar-refractivity contribution in [2.45, 2.75) is 12.8 Å². The highest BCUT2D eigenvalue weighted by atomic mass is 15.3. The van der Waals surface area contributed by atoms with Crippen LogP contribution in [-0.2, 0) is 0 Å². The van der Waals surface area contributed by atoms with Crippen LogP contribution in [0.1, 0.15) is 18.4 Å². The number of unbranched alkanes of at least 4 members (excludes halogenated alkanes) is 1. The van der Waals surface area contributed by atoms with E-state index in [1.807, 2.05) is 0 Å². The van der Waals surface area contributed by atoms with Crippen LogP contribution in [0.5, 0.6) is 0 Å². The van der Waals surface area contributed by atoms with Crippen LogP contribution in [0.4, 0.5) is 0 Å². The maximum atomic E-state index is 2.27. The number of rotatable bonds is 5. The van der Waals surface area contributed by atoms with Gasteiger partial charge in [0.15, 0.2) is 0 Å². The second-order valence-corrected chi connectivity index (χ2v) is 4.97. The van der Waals surface area contributed by atoms with Gasteiger partial charge >= 0.3 is 0 Å². The van der Waals surface area contributed by atoms with Crippen LogP contribution >= 0.6 is 0 Å². The zero-order chi connectivity index (χ0) is 11.1. The average molecular weight is 204 g/mol. The number of nitrogens with zero attached hydrogens (tertiary/aromatic N) is 1. The summed E-state index contributed by atoms with van der Waals surface area (Å²) >= 11 is 0. The minimum Gasteiger partial charge on any atom is -0.331 e. The molecule has 0 spiro atoms. The van der Waals surface area contributed by atoms with E-state index in [0.29, 0.717) is 0 Å². The molecule has 0 unspecified atom stereocenters. The van der Waals surface area contributed by atoms with Crippen LogP contribution in [0, 0.1) is 0 Å². The summed E-state index contributed by atoms with van der Waals surface area (Å²) in [6.07, 6.45) is 6.90. The molecular formula is C14H22N+. The monoisotopic (exact) mass is 204 g/mol. The Morgan fingerprint density at radius 3 is 2.33 bits per heavy atom. The Labute approximate surface area is 93.6 Å². The molecule has 1 rings (SSSR count). The summed E-state index contributed by atoms with van der Waals surface area (Å²) < 4.78 is 1.05. The molecule has 15 heavy (non-hydrogen) atoms. The summed E-state index contributed by atoms with van der Waals surface area (Å²) in [6.45, 7) is 1.24. The van der Waals surface area contributed by atoms with Crippen LogP contribution in [-0.4, -0.2) is 32.2 Å². The van der Waals surface area contributed by atoms with Crippen molar-refractivity contribution in [3.8, 4) is 0 Å². The Kier molecular flexibility index (Phi) is 4.57. The normalized spacial score (nSPS) is 12.2. The van der Waals surface area contributed by atoms with Gasteiger partial charge in [-0.2, -0.15) is 0 Å². The number of benzene rings is 1. The summed E-state index contributed by atoms with van der Waals surface area (Å²) in [5.41, 5.74) is 1.29. The minimum atomic E-state index is 1.05. The highest BCUT2D eigenvalue weighted by molar-refractivity contribution is 5.48. The van der Waals surface area contributed by atoms with Gasteiger partial charge in [-0.1, -0.05) is 42.5 Å². The fraction of sp³-hybridized carbons (Fsp3) is 0.429. The quantitative estimate of drug-likeness (QED) is 0.510. The van der Waals surface area contributed by atoms with Crippen LogP contribution in [0.15, 0.2) is 36.4 Å². The maximum absolute atomic E-state index is 2.27. The summed E-state index contributed by atoms with van der Waals surface area (Å²) in [4.78, 5) is 0. The third-order valence-corrected chi connectivity index (χ3v) is 2.31. The zero-order valence-electron chi connectivity index (χ0n) is 10.1. The lowest BCUT2D eigenvalue weighted by atomic mass is 10.2. The Bertz CT molecular complexity index is 293. The van der Waals surface area contributed by atoms with E-state index < -0.39 is 0 Å². The van der Waals surface area contributed by atoms with Gasteiger partial charge in [0.1, 0.15) is 0 Å². The van der Waals surface area contributed by atoms with Gasteiger partial charge in [-0.25, -0.2) is 0 Å². The summed E-state index contributed by atoms with van der Waals surface area (Å²) in [7, 11) is 6.71. The molecule has 0 heterocycles. The molecule has 0 aliphatic rings. The molecule has 0 aliphatic carbocycles. The Morgan fingerprint density at radius 2 is 1.73 bits per heavy atom. The van der Waals surface area contributed by atoms with Crippen molar-refractivity contribution < 1.29 is 4.48 Å². The molecule has 0 atom stereocenters. The lowest BCUT2D eigenvalue weighted by molar-refractivity contribution is -0.870. The predicted molar refractivity (Wildman–Crippen MR) is 67.6 cm³/mol. The predicted octanol–water partition coefficient (Wildman–Crippen LogP) is 3.19. The number of hydrogen-bond acceptors (Lipinski definition) is 0. The molecule has 82 valence electrons. The largest absolute Gasteiger partial charge is 0.331 e. The first-order chi connectivity index (χ1) is 7.08. The molecule has 0 aliphatic heterocycles. The van der Waals surface area contributed by atoms with Gasteiger partial charge in [0, 0.05) is 0 Å². The van der Waals surface area contributed by atoms with Crippen molar-refractivity contribution >= 4 is 6.08 Å². The van der Waals surface area contributed by atoms with E-state index in [1.54, 1.807) is 0 Å². The number of quaternary nitrogens is 1. The first kappa shape index (κ1) is 12.0. The van der Waals surface area contributed by atoms with Crippen molar-refractivity contribution in [2.24, 2.45) is 0 Å². The number of hydrogen-bond donors (Lipinski definition) is 0. The lowest BCUT2D eigenvalue weighted by Gasteiger charge is -2.23. The summed E-state index contributed by atoms with van der Waals surface area (Å²) in [5.74, 6) is 0. The van der Waals surface area contributed by atoms with Gasteiger partial charge in [0.25, 0.3) is 0 Å². The standard InChI is InChI=1S/C14H22N/c1-15(2,3)13-9-5-8-12-14-10-6-4-7-11-14/h4,6-8,10-12H,5,9,13H2,1-3H3/q+1/b12-8+. The van der Waals surface area contributed by atoms with E-state index in [2.05, 4.69) is 63.6 Å². The maximum Gasteiger partial charge on any atom is 0.0783 e. The van der Waals surface area contributed by atoms with E-state index in [1.165, 1.54) is 24.9 Å². The Hall–Kier alpha value is -1.08. The third-order valence-electron chi connectivity index (χ3n) is 2.31. The first-order valence-corrected chi connectivity index (χ1v) is 5.60. The first-order valence-electron chi connectivity index (χ1n) is 5.60. The van der Waals surface area contributed by atoms with Gasteiger partial charge in [-0.3, -0.25) is 0 Å². The molecule has 0 radical (unpaired) electrons. The molecule has 1 aromatic rings. The molecule has 0 saturated heterocycles. The molecule has 1 aromatic carbocycles. The van der Waals surface area contributed by atoms with E-state index >= 15 is 0 Å². The summed E-state index contributed by atoms with van der Waals surface area (Å²) in [6, 6.07) is 10.5. The molecule has 0 saturated carbocycles. The fourth-order valence-electron chi connectivity index (χ4n) is 1.47. The van der Waals surface area contributed by atoms with E-state index in [-0.39, 0.29) is 0 Å². The van der Waals surface area contributed by atoms with Crippen molar-refractivity contribution in [1.82, 2.24) is 0 Å². The van der Waals surface area contributed by atoms with Crippen LogP contribution in [0.3, 0.4) is 0 Å². The topological polar surface area (TPSA) is 0 Å². The Morgan fingerprint density at radius 1 is 1.07 bits per heavy atom. The molecule has 1 heteroatoms. The number of allylic oxidation sites excluding steroid dienone is 1. The summed E-state index contributed by atoms with van der Waals surface area (Å²) in [5, 5.41) is 0.